The summed E-state index contributed by atoms with van der Waals surface area (Å²) in [6, 6.07) is 9.17. The molecule has 10 heteroatoms. The van der Waals surface area contributed by atoms with E-state index in [4.69, 9.17) is 0 Å². The van der Waals surface area contributed by atoms with Gasteiger partial charge in [-0.3, -0.25) is 9.59 Å². The molecule has 1 aromatic heterocycles. The van der Waals surface area contributed by atoms with Crippen molar-refractivity contribution in [3.63, 3.8) is 0 Å². The fourth-order valence-corrected chi connectivity index (χ4v) is 6.74. The van der Waals surface area contributed by atoms with Crippen molar-refractivity contribution in [3.05, 3.63) is 40.2 Å². The number of carbonyl (C=O) groups excluding carboxylic acids is 2. The average molecular weight is 472 g/mol. The lowest BCUT2D eigenvalue weighted by Crippen LogP contribution is -2.42. The minimum absolute atomic E-state index is 0.210. The van der Waals surface area contributed by atoms with Crippen LogP contribution in [0.3, 0.4) is 0 Å². The van der Waals surface area contributed by atoms with Gasteiger partial charge >= 0.3 is 0 Å². The van der Waals surface area contributed by atoms with Crippen LogP contribution in [0.25, 0.3) is 0 Å². The van der Waals surface area contributed by atoms with E-state index in [-0.39, 0.29) is 16.0 Å². The first-order valence-electron chi connectivity index (χ1n) is 8.23. The summed E-state index contributed by atoms with van der Waals surface area (Å²) in [5.41, 5.74) is 1.05. The number of nitrogens with one attached hydrogen (secondary N) is 2. The SMILES string of the molecule is CC(=O)Nc1cccc(NC(=O)C2CCCN2S(=O)(=O)c2ccc(Br)s2)c1. The Bertz CT molecular complexity index is 974. The maximum Gasteiger partial charge on any atom is 0.253 e. The van der Waals surface area contributed by atoms with E-state index in [0.29, 0.717) is 30.8 Å². The number of nitrogens with zero attached hydrogens (tertiary/aromatic N) is 1. The maximum absolute atomic E-state index is 12.9. The molecule has 0 aliphatic carbocycles. The third kappa shape index (κ3) is 4.57. The molecule has 2 amide bonds. The Labute approximate surface area is 169 Å². The Balaban J connectivity index is 1.77. The van der Waals surface area contributed by atoms with Gasteiger partial charge in [0.1, 0.15) is 10.3 Å². The monoisotopic (exact) mass is 471 g/mol. The molecule has 0 saturated carbocycles. The van der Waals surface area contributed by atoms with Crippen molar-refractivity contribution in [1.29, 1.82) is 0 Å². The molecule has 2 aromatic rings. The number of carbonyl (C=O) groups is 2. The topological polar surface area (TPSA) is 95.6 Å². The number of sulfonamides is 1. The highest BCUT2D eigenvalue weighted by Crippen LogP contribution is 2.32. The molecule has 1 aromatic carbocycles. The summed E-state index contributed by atoms with van der Waals surface area (Å²) in [7, 11) is -3.72. The minimum Gasteiger partial charge on any atom is -0.326 e. The standard InChI is InChI=1S/C17H18BrN3O4S2/c1-11(22)19-12-4-2-5-13(10-12)20-17(23)14-6-3-9-21(14)27(24,25)16-8-7-15(18)26-16/h2,4-5,7-8,10,14H,3,6,9H2,1H3,(H,19,22)(H,20,23). The third-order valence-electron chi connectivity index (χ3n) is 4.07. The maximum atomic E-state index is 12.9. The zero-order valence-corrected chi connectivity index (χ0v) is 17.7. The molecule has 1 fully saturated rings. The molecule has 1 unspecified atom stereocenters. The van der Waals surface area contributed by atoms with Gasteiger partial charge in [-0.15, -0.1) is 11.3 Å². The summed E-state index contributed by atoms with van der Waals surface area (Å²) >= 11 is 4.39. The molecule has 0 spiro atoms. The van der Waals surface area contributed by atoms with Crippen LogP contribution in [0, 0.1) is 0 Å². The summed E-state index contributed by atoms with van der Waals surface area (Å²) < 4.78 is 27.9. The lowest BCUT2D eigenvalue weighted by Gasteiger charge is -2.22. The van der Waals surface area contributed by atoms with Crippen LogP contribution in [0.15, 0.2) is 44.4 Å². The molecular weight excluding hydrogens is 454 g/mol. The predicted molar refractivity (Wildman–Crippen MR) is 108 cm³/mol. The molecule has 27 heavy (non-hydrogen) atoms. The lowest BCUT2D eigenvalue weighted by atomic mass is 10.2. The van der Waals surface area contributed by atoms with Gasteiger partial charge < -0.3 is 10.6 Å². The van der Waals surface area contributed by atoms with E-state index >= 15 is 0 Å². The summed E-state index contributed by atoms with van der Waals surface area (Å²) in [4.78, 5) is 23.9. The summed E-state index contributed by atoms with van der Waals surface area (Å²) in [5.74, 6) is -0.597. The molecule has 0 radical (unpaired) electrons. The highest BCUT2D eigenvalue weighted by Gasteiger charge is 2.40. The van der Waals surface area contributed by atoms with Crippen molar-refractivity contribution in [2.75, 3.05) is 17.2 Å². The smallest absolute Gasteiger partial charge is 0.253 e. The van der Waals surface area contributed by atoms with Crippen molar-refractivity contribution in [1.82, 2.24) is 4.31 Å². The number of hydrogen-bond acceptors (Lipinski definition) is 5. The van der Waals surface area contributed by atoms with Crippen molar-refractivity contribution >= 4 is 60.5 Å². The first-order chi connectivity index (χ1) is 12.8. The summed E-state index contributed by atoms with van der Waals surface area (Å²) in [6.45, 7) is 1.71. The van der Waals surface area contributed by atoms with Gasteiger partial charge in [-0.05, 0) is 59.1 Å². The van der Waals surface area contributed by atoms with E-state index in [1.54, 1.807) is 30.3 Å². The highest BCUT2D eigenvalue weighted by molar-refractivity contribution is 9.11. The zero-order chi connectivity index (χ0) is 19.6. The van der Waals surface area contributed by atoms with Gasteiger partial charge in [0.25, 0.3) is 10.0 Å². The van der Waals surface area contributed by atoms with Crippen LogP contribution >= 0.6 is 27.3 Å². The van der Waals surface area contributed by atoms with Crippen LogP contribution in [0.5, 0.6) is 0 Å². The highest BCUT2D eigenvalue weighted by atomic mass is 79.9. The third-order valence-corrected chi connectivity index (χ3v) is 8.07. The second-order valence-corrected chi connectivity index (χ2v) is 10.7. The molecule has 1 aliphatic heterocycles. The van der Waals surface area contributed by atoms with E-state index < -0.39 is 16.1 Å². The lowest BCUT2D eigenvalue weighted by molar-refractivity contribution is -0.119. The number of rotatable bonds is 5. The average Bonchev–Trinajstić information content (AvgIpc) is 3.24. The largest absolute Gasteiger partial charge is 0.326 e. The molecule has 0 bridgehead atoms. The Kier molecular flexibility index (Phi) is 5.99. The number of thiophene rings is 1. The Morgan fingerprint density at radius 2 is 1.89 bits per heavy atom. The molecule has 144 valence electrons. The van der Waals surface area contributed by atoms with Crippen LogP contribution in [0.2, 0.25) is 0 Å². The molecule has 3 rings (SSSR count). The molecule has 1 saturated heterocycles. The van der Waals surface area contributed by atoms with Gasteiger partial charge in [0.15, 0.2) is 0 Å². The van der Waals surface area contributed by atoms with E-state index in [1.165, 1.54) is 17.3 Å². The predicted octanol–water partition coefficient (Wildman–Crippen LogP) is 3.26. The van der Waals surface area contributed by atoms with Crippen LogP contribution in [0.1, 0.15) is 19.8 Å². The van der Waals surface area contributed by atoms with Crippen molar-refractivity contribution in [3.8, 4) is 0 Å². The van der Waals surface area contributed by atoms with Crippen LogP contribution in [0.4, 0.5) is 11.4 Å². The Morgan fingerprint density at radius 3 is 2.52 bits per heavy atom. The van der Waals surface area contributed by atoms with Gasteiger partial charge in [-0.25, -0.2) is 8.42 Å². The normalized spacial score (nSPS) is 17.6. The quantitative estimate of drug-likeness (QED) is 0.699. The fourth-order valence-electron chi connectivity index (χ4n) is 2.95. The second kappa shape index (κ2) is 8.09. The second-order valence-electron chi connectivity index (χ2n) is 6.08. The molecular formula is C17H18BrN3O4S2. The minimum atomic E-state index is -3.72. The first-order valence-corrected chi connectivity index (χ1v) is 11.3. The molecule has 1 atom stereocenters. The van der Waals surface area contributed by atoms with Crippen LogP contribution in [-0.2, 0) is 19.6 Å². The Morgan fingerprint density at radius 1 is 1.19 bits per heavy atom. The number of amides is 2. The molecule has 7 nitrogen and oxygen atoms in total. The van der Waals surface area contributed by atoms with Gasteiger partial charge in [0.05, 0.1) is 3.79 Å². The number of halogens is 1. The number of hydrogen-bond donors (Lipinski definition) is 2. The summed E-state index contributed by atoms with van der Waals surface area (Å²) in [6.07, 6.45) is 1.08. The molecule has 2 heterocycles. The van der Waals surface area contributed by atoms with Crippen molar-refractivity contribution in [2.45, 2.75) is 30.0 Å². The van der Waals surface area contributed by atoms with E-state index in [0.717, 1.165) is 15.1 Å². The van der Waals surface area contributed by atoms with Crippen molar-refractivity contribution in [2.24, 2.45) is 0 Å². The summed E-state index contributed by atoms with van der Waals surface area (Å²) in [5, 5.41) is 5.40. The fraction of sp³-hybridized carbons (Fsp3) is 0.294. The number of anilines is 2. The van der Waals surface area contributed by atoms with Gasteiger partial charge in [-0.2, -0.15) is 4.31 Å². The molecule has 1 aliphatic rings. The van der Waals surface area contributed by atoms with E-state index in [9.17, 15) is 18.0 Å². The van der Waals surface area contributed by atoms with Gasteiger partial charge in [0, 0.05) is 24.8 Å². The van der Waals surface area contributed by atoms with Crippen molar-refractivity contribution < 1.29 is 18.0 Å². The van der Waals surface area contributed by atoms with Crippen LogP contribution < -0.4 is 10.6 Å². The van der Waals surface area contributed by atoms with E-state index in [2.05, 4.69) is 26.6 Å². The number of benzene rings is 1. The Hall–Kier alpha value is -1.75. The van der Waals surface area contributed by atoms with Gasteiger partial charge in [0.2, 0.25) is 11.8 Å². The first kappa shape index (κ1) is 20.0. The van der Waals surface area contributed by atoms with Crippen LogP contribution in [-0.4, -0.2) is 37.1 Å². The molecule has 2 N–H and O–H groups in total. The zero-order valence-electron chi connectivity index (χ0n) is 14.4. The van der Waals surface area contributed by atoms with Gasteiger partial charge in [-0.1, -0.05) is 6.07 Å². The van der Waals surface area contributed by atoms with E-state index in [1.807, 2.05) is 0 Å².